The molecule has 2 unspecified atom stereocenters. The Kier molecular flexibility index (Phi) is 6.84. The molecule has 0 aliphatic rings. The average molecular weight is 267 g/mol. The summed E-state index contributed by atoms with van der Waals surface area (Å²) in [7, 11) is 1.66. The molecular formula is C15H25NO3. The molecule has 0 saturated carbocycles. The Morgan fingerprint density at radius 2 is 2.11 bits per heavy atom. The van der Waals surface area contributed by atoms with Crippen LogP contribution in [0.2, 0.25) is 0 Å². The van der Waals surface area contributed by atoms with Gasteiger partial charge in [0.15, 0.2) is 0 Å². The van der Waals surface area contributed by atoms with Crippen LogP contribution in [0.25, 0.3) is 0 Å². The molecule has 1 aromatic carbocycles. The Hall–Kier alpha value is -1.10. The molecular weight excluding hydrogens is 242 g/mol. The fourth-order valence-corrected chi connectivity index (χ4v) is 1.96. The highest BCUT2D eigenvalue weighted by atomic mass is 16.5. The van der Waals surface area contributed by atoms with E-state index in [0.29, 0.717) is 19.8 Å². The van der Waals surface area contributed by atoms with Gasteiger partial charge in [0, 0.05) is 25.3 Å². The van der Waals surface area contributed by atoms with Crippen molar-refractivity contribution in [2.24, 2.45) is 0 Å². The van der Waals surface area contributed by atoms with Crippen molar-refractivity contribution in [2.75, 3.05) is 26.9 Å². The fraction of sp³-hybridized carbons (Fsp3) is 0.600. The van der Waals surface area contributed by atoms with Crippen molar-refractivity contribution in [3.05, 3.63) is 29.3 Å². The Labute approximate surface area is 115 Å². The molecule has 4 heteroatoms. The first-order valence-electron chi connectivity index (χ1n) is 6.73. The van der Waals surface area contributed by atoms with Crippen LogP contribution in [0.5, 0.6) is 5.75 Å². The van der Waals surface area contributed by atoms with Crippen molar-refractivity contribution in [3.8, 4) is 5.75 Å². The summed E-state index contributed by atoms with van der Waals surface area (Å²) in [4.78, 5) is 0. The van der Waals surface area contributed by atoms with Gasteiger partial charge < -0.3 is 19.9 Å². The van der Waals surface area contributed by atoms with Gasteiger partial charge in [0.1, 0.15) is 5.75 Å². The molecule has 0 aliphatic heterocycles. The number of aliphatic hydroxyl groups excluding tert-OH is 1. The van der Waals surface area contributed by atoms with Crippen LogP contribution in [0, 0.1) is 6.92 Å². The van der Waals surface area contributed by atoms with Crippen LogP contribution in [-0.4, -0.2) is 38.0 Å². The molecule has 19 heavy (non-hydrogen) atoms. The maximum atomic E-state index is 10.4. The number of ether oxygens (including phenoxy) is 2. The van der Waals surface area contributed by atoms with Gasteiger partial charge in [-0.25, -0.2) is 0 Å². The summed E-state index contributed by atoms with van der Waals surface area (Å²) < 4.78 is 10.6. The van der Waals surface area contributed by atoms with Crippen molar-refractivity contribution >= 4 is 0 Å². The Balaban J connectivity index is 2.78. The predicted octanol–water partition coefficient (Wildman–Crippen LogP) is 2.05. The lowest BCUT2D eigenvalue weighted by Crippen LogP contribution is -2.34. The molecule has 0 heterocycles. The van der Waals surface area contributed by atoms with Crippen molar-refractivity contribution in [1.29, 1.82) is 0 Å². The topological polar surface area (TPSA) is 50.7 Å². The molecule has 0 saturated heterocycles. The molecule has 0 aliphatic carbocycles. The number of hydrogen-bond donors (Lipinski definition) is 2. The second-order valence-corrected chi connectivity index (χ2v) is 4.65. The van der Waals surface area contributed by atoms with E-state index in [4.69, 9.17) is 9.47 Å². The van der Waals surface area contributed by atoms with E-state index in [2.05, 4.69) is 5.32 Å². The minimum Gasteiger partial charge on any atom is -0.493 e. The summed E-state index contributed by atoms with van der Waals surface area (Å²) in [6.45, 7) is 7.84. The number of nitrogens with one attached hydrogen (secondary N) is 1. The summed E-state index contributed by atoms with van der Waals surface area (Å²) in [6.07, 6.45) is -0.599. The Morgan fingerprint density at radius 1 is 1.37 bits per heavy atom. The van der Waals surface area contributed by atoms with Gasteiger partial charge in [-0.1, -0.05) is 11.6 Å². The van der Waals surface area contributed by atoms with E-state index < -0.39 is 6.10 Å². The lowest BCUT2D eigenvalue weighted by Gasteiger charge is -2.23. The normalized spacial score (nSPS) is 14.2. The largest absolute Gasteiger partial charge is 0.493 e. The van der Waals surface area contributed by atoms with E-state index in [-0.39, 0.29) is 6.04 Å². The molecule has 1 rings (SSSR count). The van der Waals surface area contributed by atoms with Crippen molar-refractivity contribution in [2.45, 2.75) is 32.9 Å². The molecule has 0 spiro atoms. The monoisotopic (exact) mass is 267 g/mol. The Bertz CT molecular complexity index is 382. The smallest absolute Gasteiger partial charge is 0.125 e. The van der Waals surface area contributed by atoms with E-state index in [1.807, 2.05) is 39.0 Å². The molecule has 1 aromatic rings. The fourth-order valence-electron chi connectivity index (χ4n) is 1.96. The standard InChI is InChI=1S/C15H25NO3/c1-5-19-14-7-6-11(2)10-13(14)15(17)12(3)16-8-9-18-4/h6-7,10,12,15-17H,5,8-9H2,1-4H3. The van der Waals surface area contributed by atoms with Crippen LogP contribution in [0.3, 0.4) is 0 Å². The first-order chi connectivity index (χ1) is 9.10. The number of methoxy groups -OCH3 is 1. The zero-order valence-electron chi connectivity index (χ0n) is 12.3. The minimum absolute atomic E-state index is 0.0591. The lowest BCUT2D eigenvalue weighted by molar-refractivity contribution is 0.123. The molecule has 2 N–H and O–H groups in total. The molecule has 0 radical (unpaired) electrons. The maximum absolute atomic E-state index is 10.4. The summed E-state index contributed by atoms with van der Waals surface area (Å²) in [6, 6.07) is 5.82. The van der Waals surface area contributed by atoms with Gasteiger partial charge in [-0.15, -0.1) is 0 Å². The second-order valence-electron chi connectivity index (χ2n) is 4.65. The highest BCUT2D eigenvalue weighted by molar-refractivity contribution is 5.39. The van der Waals surface area contributed by atoms with Crippen LogP contribution >= 0.6 is 0 Å². The first kappa shape index (κ1) is 16.0. The predicted molar refractivity (Wildman–Crippen MR) is 76.6 cm³/mol. The number of aliphatic hydroxyl groups is 1. The number of rotatable bonds is 8. The second kappa shape index (κ2) is 8.15. The third-order valence-electron chi connectivity index (χ3n) is 3.03. The van der Waals surface area contributed by atoms with E-state index in [1.165, 1.54) is 0 Å². The van der Waals surface area contributed by atoms with Crippen molar-refractivity contribution in [1.82, 2.24) is 5.32 Å². The average Bonchev–Trinajstić information content (AvgIpc) is 2.40. The van der Waals surface area contributed by atoms with Crippen LogP contribution < -0.4 is 10.1 Å². The van der Waals surface area contributed by atoms with Crippen LogP contribution in [0.15, 0.2) is 18.2 Å². The van der Waals surface area contributed by atoms with Gasteiger partial charge in [0.25, 0.3) is 0 Å². The zero-order chi connectivity index (χ0) is 14.3. The summed E-state index contributed by atoms with van der Waals surface area (Å²) in [5.41, 5.74) is 1.95. The zero-order valence-corrected chi connectivity index (χ0v) is 12.3. The maximum Gasteiger partial charge on any atom is 0.125 e. The minimum atomic E-state index is -0.599. The van der Waals surface area contributed by atoms with Gasteiger partial charge in [0.2, 0.25) is 0 Å². The molecule has 4 nitrogen and oxygen atoms in total. The third kappa shape index (κ3) is 4.82. The lowest BCUT2D eigenvalue weighted by atomic mass is 10.0. The van der Waals surface area contributed by atoms with Gasteiger partial charge in [-0.05, 0) is 32.9 Å². The molecule has 0 fully saturated rings. The van der Waals surface area contributed by atoms with Gasteiger partial charge >= 0.3 is 0 Å². The van der Waals surface area contributed by atoms with Gasteiger partial charge in [-0.3, -0.25) is 0 Å². The highest BCUT2D eigenvalue weighted by Crippen LogP contribution is 2.28. The number of benzene rings is 1. The van der Waals surface area contributed by atoms with E-state index in [0.717, 1.165) is 16.9 Å². The SMILES string of the molecule is CCOc1ccc(C)cc1C(O)C(C)NCCOC. The summed E-state index contributed by atoms with van der Waals surface area (Å²) in [5, 5.41) is 13.7. The van der Waals surface area contributed by atoms with Gasteiger partial charge in [0.05, 0.1) is 19.3 Å². The highest BCUT2D eigenvalue weighted by Gasteiger charge is 2.19. The van der Waals surface area contributed by atoms with E-state index in [9.17, 15) is 5.11 Å². The third-order valence-corrected chi connectivity index (χ3v) is 3.03. The van der Waals surface area contributed by atoms with Crippen molar-refractivity contribution in [3.63, 3.8) is 0 Å². The molecule has 0 bridgehead atoms. The first-order valence-corrected chi connectivity index (χ1v) is 6.73. The molecule has 2 atom stereocenters. The molecule has 0 amide bonds. The van der Waals surface area contributed by atoms with Crippen LogP contribution in [-0.2, 0) is 4.74 Å². The molecule has 0 aromatic heterocycles. The number of hydrogen-bond acceptors (Lipinski definition) is 4. The van der Waals surface area contributed by atoms with Crippen LogP contribution in [0.1, 0.15) is 31.1 Å². The summed E-state index contributed by atoms with van der Waals surface area (Å²) in [5.74, 6) is 0.751. The molecule has 108 valence electrons. The van der Waals surface area contributed by atoms with Crippen LogP contribution in [0.4, 0.5) is 0 Å². The Morgan fingerprint density at radius 3 is 2.74 bits per heavy atom. The quantitative estimate of drug-likeness (QED) is 0.708. The van der Waals surface area contributed by atoms with E-state index in [1.54, 1.807) is 7.11 Å². The van der Waals surface area contributed by atoms with Gasteiger partial charge in [-0.2, -0.15) is 0 Å². The summed E-state index contributed by atoms with van der Waals surface area (Å²) >= 11 is 0. The number of aryl methyl sites for hydroxylation is 1. The van der Waals surface area contributed by atoms with E-state index >= 15 is 0 Å². The van der Waals surface area contributed by atoms with Crippen molar-refractivity contribution < 1.29 is 14.6 Å².